The second-order valence-corrected chi connectivity index (χ2v) is 3.98. The van der Waals surface area contributed by atoms with Crippen LogP contribution in [0.15, 0.2) is 48.8 Å². The molecule has 3 nitrogen and oxygen atoms in total. The zero-order chi connectivity index (χ0) is 13.2. The van der Waals surface area contributed by atoms with Gasteiger partial charge in [0.1, 0.15) is 17.2 Å². The SMILES string of the molecule is Fc1ccc(Nc2cccc3nccnc23)c(F)c1. The van der Waals surface area contributed by atoms with Crippen LogP contribution in [-0.2, 0) is 0 Å². The highest BCUT2D eigenvalue weighted by molar-refractivity contribution is 5.89. The van der Waals surface area contributed by atoms with Gasteiger partial charge in [-0.15, -0.1) is 0 Å². The van der Waals surface area contributed by atoms with Crippen LogP contribution < -0.4 is 5.32 Å². The zero-order valence-electron chi connectivity index (χ0n) is 9.77. The first-order valence-corrected chi connectivity index (χ1v) is 5.66. The summed E-state index contributed by atoms with van der Waals surface area (Å²) in [6, 6.07) is 8.75. The van der Waals surface area contributed by atoms with Gasteiger partial charge in [0.05, 0.1) is 16.9 Å². The Kier molecular flexibility index (Phi) is 2.79. The van der Waals surface area contributed by atoms with Crippen molar-refractivity contribution in [1.29, 1.82) is 0 Å². The van der Waals surface area contributed by atoms with Gasteiger partial charge in [-0.1, -0.05) is 6.07 Å². The zero-order valence-corrected chi connectivity index (χ0v) is 9.77. The Morgan fingerprint density at radius 3 is 2.58 bits per heavy atom. The van der Waals surface area contributed by atoms with Crippen molar-refractivity contribution < 1.29 is 8.78 Å². The molecule has 0 bridgehead atoms. The van der Waals surface area contributed by atoms with Gasteiger partial charge in [0, 0.05) is 18.5 Å². The number of anilines is 2. The minimum absolute atomic E-state index is 0.194. The summed E-state index contributed by atoms with van der Waals surface area (Å²) in [5.74, 6) is -1.26. The van der Waals surface area contributed by atoms with Gasteiger partial charge < -0.3 is 5.32 Å². The molecular weight excluding hydrogens is 248 g/mol. The van der Waals surface area contributed by atoms with E-state index < -0.39 is 11.6 Å². The quantitative estimate of drug-likeness (QED) is 0.761. The van der Waals surface area contributed by atoms with E-state index in [1.54, 1.807) is 24.5 Å². The van der Waals surface area contributed by atoms with Crippen LogP contribution in [0.5, 0.6) is 0 Å². The van der Waals surface area contributed by atoms with Crippen LogP contribution in [0, 0.1) is 11.6 Å². The standard InChI is InChI=1S/C14H9F2N3/c15-9-4-5-11(10(16)8-9)19-13-3-1-2-12-14(13)18-7-6-17-12/h1-8,19H. The van der Waals surface area contributed by atoms with Gasteiger partial charge in [-0.3, -0.25) is 9.97 Å². The molecule has 1 N–H and O–H groups in total. The van der Waals surface area contributed by atoms with Crippen LogP contribution in [-0.4, -0.2) is 9.97 Å². The van der Waals surface area contributed by atoms with E-state index in [1.807, 2.05) is 6.07 Å². The van der Waals surface area contributed by atoms with Crippen LogP contribution >= 0.6 is 0 Å². The Morgan fingerprint density at radius 2 is 1.74 bits per heavy atom. The van der Waals surface area contributed by atoms with Crippen molar-refractivity contribution in [3.63, 3.8) is 0 Å². The highest BCUT2D eigenvalue weighted by Crippen LogP contribution is 2.25. The highest BCUT2D eigenvalue weighted by atomic mass is 19.1. The molecule has 0 fully saturated rings. The Balaban J connectivity index is 2.06. The highest BCUT2D eigenvalue weighted by Gasteiger charge is 2.07. The van der Waals surface area contributed by atoms with Crippen LogP contribution in [0.4, 0.5) is 20.2 Å². The predicted octanol–water partition coefficient (Wildman–Crippen LogP) is 3.65. The van der Waals surface area contributed by atoms with Gasteiger partial charge in [-0.2, -0.15) is 0 Å². The smallest absolute Gasteiger partial charge is 0.149 e. The second-order valence-electron chi connectivity index (χ2n) is 3.98. The minimum atomic E-state index is -0.652. The summed E-state index contributed by atoms with van der Waals surface area (Å²) >= 11 is 0. The van der Waals surface area contributed by atoms with E-state index in [9.17, 15) is 8.78 Å². The maximum atomic E-state index is 13.6. The molecule has 2 aromatic carbocycles. The predicted molar refractivity (Wildman–Crippen MR) is 69.2 cm³/mol. The molecule has 0 aliphatic carbocycles. The van der Waals surface area contributed by atoms with Crippen molar-refractivity contribution in [3.05, 3.63) is 60.4 Å². The number of hydrogen-bond donors (Lipinski definition) is 1. The first-order valence-electron chi connectivity index (χ1n) is 5.66. The molecule has 0 radical (unpaired) electrons. The Bertz CT molecular complexity index is 738. The summed E-state index contributed by atoms with van der Waals surface area (Å²) in [4.78, 5) is 8.37. The number of nitrogens with one attached hydrogen (secondary N) is 1. The molecule has 0 atom stereocenters. The topological polar surface area (TPSA) is 37.8 Å². The van der Waals surface area contributed by atoms with Crippen LogP contribution in [0.1, 0.15) is 0 Å². The van der Waals surface area contributed by atoms with E-state index in [2.05, 4.69) is 15.3 Å². The summed E-state index contributed by atoms with van der Waals surface area (Å²) in [7, 11) is 0. The maximum Gasteiger partial charge on any atom is 0.149 e. The Hall–Kier alpha value is -2.56. The fraction of sp³-hybridized carbons (Fsp3) is 0. The molecule has 19 heavy (non-hydrogen) atoms. The number of para-hydroxylation sites is 1. The van der Waals surface area contributed by atoms with Gasteiger partial charge in [0.25, 0.3) is 0 Å². The van der Waals surface area contributed by atoms with Crippen molar-refractivity contribution in [2.45, 2.75) is 0 Å². The third-order valence-corrected chi connectivity index (χ3v) is 2.70. The summed E-state index contributed by atoms with van der Waals surface area (Å²) in [5.41, 5.74) is 2.15. The summed E-state index contributed by atoms with van der Waals surface area (Å²) in [5, 5.41) is 2.90. The van der Waals surface area contributed by atoms with E-state index in [0.29, 0.717) is 16.7 Å². The van der Waals surface area contributed by atoms with E-state index in [4.69, 9.17) is 0 Å². The molecule has 0 aliphatic heterocycles. The number of benzene rings is 2. The molecule has 0 unspecified atom stereocenters. The lowest BCUT2D eigenvalue weighted by Crippen LogP contribution is -1.96. The molecule has 0 saturated carbocycles. The molecule has 0 saturated heterocycles. The lowest BCUT2D eigenvalue weighted by Gasteiger charge is -2.09. The Morgan fingerprint density at radius 1 is 0.895 bits per heavy atom. The normalized spacial score (nSPS) is 10.6. The van der Waals surface area contributed by atoms with E-state index in [1.165, 1.54) is 12.1 Å². The third-order valence-electron chi connectivity index (χ3n) is 2.70. The average Bonchev–Trinajstić information content (AvgIpc) is 2.42. The minimum Gasteiger partial charge on any atom is -0.351 e. The van der Waals surface area contributed by atoms with Gasteiger partial charge in [-0.25, -0.2) is 8.78 Å². The van der Waals surface area contributed by atoms with Gasteiger partial charge in [0.15, 0.2) is 0 Å². The fourth-order valence-corrected chi connectivity index (χ4v) is 1.83. The monoisotopic (exact) mass is 257 g/mol. The summed E-state index contributed by atoms with van der Waals surface area (Å²) in [6.07, 6.45) is 3.15. The van der Waals surface area contributed by atoms with E-state index in [-0.39, 0.29) is 5.69 Å². The number of aromatic nitrogens is 2. The molecule has 3 rings (SSSR count). The molecule has 94 valence electrons. The number of rotatable bonds is 2. The van der Waals surface area contributed by atoms with Crippen LogP contribution in [0.2, 0.25) is 0 Å². The second kappa shape index (κ2) is 4.61. The number of hydrogen-bond acceptors (Lipinski definition) is 3. The number of halogens is 2. The van der Waals surface area contributed by atoms with Crippen molar-refractivity contribution >= 4 is 22.4 Å². The van der Waals surface area contributed by atoms with E-state index in [0.717, 1.165) is 6.07 Å². The molecule has 3 aromatic rings. The molecule has 0 spiro atoms. The summed E-state index contributed by atoms with van der Waals surface area (Å²) in [6.45, 7) is 0. The van der Waals surface area contributed by atoms with Gasteiger partial charge in [0.2, 0.25) is 0 Å². The van der Waals surface area contributed by atoms with Gasteiger partial charge >= 0.3 is 0 Å². The molecule has 1 aromatic heterocycles. The van der Waals surface area contributed by atoms with Crippen molar-refractivity contribution in [3.8, 4) is 0 Å². The average molecular weight is 257 g/mol. The van der Waals surface area contributed by atoms with E-state index >= 15 is 0 Å². The fourth-order valence-electron chi connectivity index (χ4n) is 1.83. The van der Waals surface area contributed by atoms with Crippen LogP contribution in [0.25, 0.3) is 11.0 Å². The van der Waals surface area contributed by atoms with Crippen molar-refractivity contribution in [2.24, 2.45) is 0 Å². The lowest BCUT2D eigenvalue weighted by atomic mass is 10.2. The molecule has 5 heteroatoms. The Labute approximate surface area is 107 Å². The molecule has 0 aliphatic rings. The molecule has 1 heterocycles. The van der Waals surface area contributed by atoms with Crippen LogP contribution in [0.3, 0.4) is 0 Å². The lowest BCUT2D eigenvalue weighted by molar-refractivity contribution is 0.586. The molecule has 0 amide bonds. The van der Waals surface area contributed by atoms with Crippen molar-refractivity contribution in [1.82, 2.24) is 9.97 Å². The first-order chi connectivity index (χ1) is 9.24. The number of nitrogens with zero attached hydrogens (tertiary/aromatic N) is 2. The maximum absolute atomic E-state index is 13.6. The third kappa shape index (κ3) is 2.22. The first kappa shape index (κ1) is 11.5. The largest absolute Gasteiger partial charge is 0.351 e. The van der Waals surface area contributed by atoms with Gasteiger partial charge in [-0.05, 0) is 24.3 Å². The van der Waals surface area contributed by atoms with Crippen molar-refractivity contribution in [2.75, 3.05) is 5.32 Å². The molecular formula is C14H9F2N3. The summed E-state index contributed by atoms with van der Waals surface area (Å²) < 4.78 is 26.4. The number of fused-ring (bicyclic) bond motifs is 1.